The van der Waals surface area contributed by atoms with E-state index in [9.17, 15) is 0 Å². The number of rotatable bonds is 5. The summed E-state index contributed by atoms with van der Waals surface area (Å²) >= 11 is 1.73. The molecule has 3 N–H and O–H groups in total. The number of nitrogens with two attached hydrogens (primary N) is 1. The first-order valence-corrected chi connectivity index (χ1v) is 7.47. The van der Waals surface area contributed by atoms with E-state index < -0.39 is 0 Å². The number of hydrogen-bond donors (Lipinski definition) is 2. The fourth-order valence-corrected chi connectivity index (χ4v) is 3.26. The second kappa shape index (κ2) is 5.94. The Labute approximate surface area is 108 Å². The van der Waals surface area contributed by atoms with E-state index in [0.717, 1.165) is 25.2 Å². The van der Waals surface area contributed by atoms with Crippen LogP contribution in [0.25, 0.3) is 0 Å². The van der Waals surface area contributed by atoms with E-state index in [4.69, 9.17) is 5.73 Å². The molecule has 0 saturated heterocycles. The molecule has 0 aromatic carbocycles. The maximum Gasteiger partial charge on any atom is 0.107 e. The molecule has 0 spiro atoms. The first-order valence-electron chi connectivity index (χ1n) is 6.59. The van der Waals surface area contributed by atoms with Gasteiger partial charge in [0.1, 0.15) is 5.01 Å². The Hall–Kier alpha value is -0.450. The highest BCUT2D eigenvalue weighted by Gasteiger charge is 2.26. The highest BCUT2D eigenvalue weighted by atomic mass is 32.1. The van der Waals surface area contributed by atoms with E-state index in [1.807, 2.05) is 6.92 Å². The molecule has 96 valence electrons. The van der Waals surface area contributed by atoms with E-state index in [0.29, 0.717) is 0 Å². The second-order valence-electron chi connectivity index (χ2n) is 5.23. The predicted molar refractivity (Wildman–Crippen MR) is 73.2 cm³/mol. The number of aryl methyl sites for hydroxylation is 1. The van der Waals surface area contributed by atoms with Gasteiger partial charge in [-0.1, -0.05) is 19.3 Å². The van der Waals surface area contributed by atoms with Gasteiger partial charge in [0.2, 0.25) is 0 Å². The van der Waals surface area contributed by atoms with Crippen molar-refractivity contribution in [3.8, 4) is 0 Å². The number of nitrogens with zero attached hydrogens (tertiary/aromatic N) is 1. The number of nitrogens with one attached hydrogen (secondary N) is 1. The van der Waals surface area contributed by atoms with Crippen LogP contribution in [0.4, 0.5) is 0 Å². The summed E-state index contributed by atoms with van der Waals surface area (Å²) in [4.78, 5) is 4.44. The van der Waals surface area contributed by atoms with Crippen LogP contribution in [0.15, 0.2) is 5.38 Å². The molecule has 0 bridgehead atoms. The molecule has 2 rings (SSSR count). The summed E-state index contributed by atoms with van der Waals surface area (Å²) in [5.41, 5.74) is 7.61. The molecule has 0 amide bonds. The molecule has 0 radical (unpaired) electrons. The first-order chi connectivity index (χ1) is 8.18. The van der Waals surface area contributed by atoms with Gasteiger partial charge in [0.15, 0.2) is 0 Å². The molecule has 1 aromatic heterocycles. The zero-order valence-corrected chi connectivity index (χ0v) is 11.5. The fourth-order valence-electron chi connectivity index (χ4n) is 2.52. The van der Waals surface area contributed by atoms with E-state index in [2.05, 4.69) is 15.7 Å². The van der Waals surface area contributed by atoms with Gasteiger partial charge in [0.05, 0.1) is 0 Å². The lowest BCUT2D eigenvalue weighted by molar-refractivity contribution is 0.274. The van der Waals surface area contributed by atoms with Crippen LogP contribution in [-0.2, 0) is 6.54 Å². The van der Waals surface area contributed by atoms with Gasteiger partial charge in [-0.25, -0.2) is 4.98 Å². The van der Waals surface area contributed by atoms with Crippen LogP contribution < -0.4 is 11.1 Å². The van der Waals surface area contributed by atoms with Gasteiger partial charge in [-0.05, 0) is 32.7 Å². The van der Waals surface area contributed by atoms with Crippen LogP contribution >= 0.6 is 11.3 Å². The molecular weight excluding hydrogens is 230 g/mol. The minimum atomic E-state index is 0.101. The lowest BCUT2D eigenvalue weighted by atomic mass is 9.80. The van der Waals surface area contributed by atoms with Crippen molar-refractivity contribution in [2.24, 2.45) is 5.73 Å². The van der Waals surface area contributed by atoms with Gasteiger partial charge < -0.3 is 11.1 Å². The quantitative estimate of drug-likeness (QED) is 0.793. The molecule has 1 aliphatic carbocycles. The summed E-state index contributed by atoms with van der Waals surface area (Å²) in [5.74, 6) is 0. The van der Waals surface area contributed by atoms with Crippen LogP contribution in [0.2, 0.25) is 0 Å². The van der Waals surface area contributed by atoms with E-state index in [1.165, 1.54) is 37.1 Å². The van der Waals surface area contributed by atoms with Gasteiger partial charge in [-0.2, -0.15) is 0 Å². The monoisotopic (exact) mass is 253 g/mol. The fraction of sp³-hybridized carbons (Fsp3) is 0.769. The normalized spacial score (nSPS) is 19.4. The molecule has 4 heteroatoms. The predicted octanol–water partition coefficient (Wildman–Crippen LogP) is 2.59. The molecular formula is C13H23N3S. The van der Waals surface area contributed by atoms with Gasteiger partial charge in [-0.3, -0.25) is 0 Å². The molecule has 1 fully saturated rings. The zero-order valence-electron chi connectivity index (χ0n) is 10.7. The molecule has 0 aliphatic heterocycles. The molecule has 17 heavy (non-hydrogen) atoms. The third kappa shape index (κ3) is 4.05. The second-order valence-corrected chi connectivity index (χ2v) is 6.18. The Bertz CT molecular complexity index is 342. The Kier molecular flexibility index (Phi) is 4.54. The molecule has 0 atom stereocenters. The summed E-state index contributed by atoms with van der Waals surface area (Å²) in [6, 6.07) is 0. The maximum atomic E-state index is 6.39. The van der Waals surface area contributed by atoms with Crippen molar-refractivity contribution < 1.29 is 0 Å². The Balaban J connectivity index is 1.65. The van der Waals surface area contributed by atoms with Crippen molar-refractivity contribution in [1.29, 1.82) is 0 Å². The van der Waals surface area contributed by atoms with Crippen LogP contribution in [0.3, 0.4) is 0 Å². The summed E-state index contributed by atoms with van der Waals surface area (Å²) in [6.45, 7) is 3.93. The minimum absolute atomic E-state index is 0.101. The smallest absolute Gasteiger partial charge is 0.107 e. The van der Waals surface area contributed by atoms with Crippen LogP contribution in [0.1, 0.15) is 49.2 Å². The topological polar surface area (TPSA) is 50.9 Å². The van der Waals surface area contributed by atoms with E-state index in [-0.39, 0.29) is 5.54 Å². The van der Waals surface area contributed by atoms with Crippen LogP contribution in [-0.4, -0.2) is 17.1 Å². The standard InChI is InChI=1S/C13H23N3S/c1-11-10-17-12(16-11)9-15-8-7-13(14)5-3-2-4-6-13/h10,15H,2-9,14H2,1H3. The van der Waals surface area contributed by atoms with Gasteiger partial charge in [-0.15, -0.1) is 11.3 Å². The number of thiazole rings is 1. The Morgan fingerprint density at radius 1 is 1.41 bits per heavy atom. The summed E-state index contributed by atoms with van der Waals surface area (Å²) in [7, 11) is 0. The summed E-state index contributed by atoms with van der Waals surface area (Å²) < 4.78 is 0. The van der Waals surface area contributed by atoms with Crippen molar-refractivity contribution in [1.82, 2.24) is 10.3 Å². The van der Waals surface area contributed by atoms with Crippen LogP contribution in [0, 0.1) is 6.92 Å². The number of aromatic nitrogens is 1. The van der Waals surface area contributed by atoms with Crippen molar-refractivity contribution in [2.75, 3.05) is 6.54 Å². The summed E-state index contributed by atoms with van der Waals surface area (Å²) in [5, 5.41) is 6.73. The molecule has 1 aromatic rings. The average molecular weight is 253 g/mol. The van der Waals surface area contributed by atoms with Gasteiger partial charge in [0, 0.05) is 23.2 Å². The molecule has 1 aliphatic rings. The molecule has 3 nitrogen and oxygen atoms in total. The van der Waals surface area contributed by atoms with Crippen molar-refractivity contribution >= 4 is 11.3 Å². The van der Waals surface area contributed by atoms with Gasteiger partial charge >= 0.3 is 0 Å². The lowest BCUT2D eigenvalue weighted by Gasteiger charge is -2.33. The maximum absolute atomic E-state index is 6.39. The summed E-state index contributed by atoms with van der Waals surface area (Å²) in [6.07, 6.45) is 7.47. The third-order valence-corrected chi connectivity index (χ3v) is 4.56. The Morgan fingerprint density at radius 2 is 2.18 bits per heavy atom. The Morgan fingerprint density at radius 3 is 2.82 bits per heavy atom. The highest BCUT2D eigenvalue weighted by molar-refractivity contribution is 7.09. The minimum Gasteiger partial charge on any atom is -0.325 e. The van der Waals surface area contributed by atoms with Gasteiger partial charge in [0.25, 0.3) is 0 Å². The third-order valence-electron chi connectivity index (χ3n) is 3.59. The average Bonchev–Trinajstić information content (AvgIpc) is 2.72. The van der Waals surface area contributed by atoms with Crippen LogP contribution in [0.5, 0.6) is 0 Å². The first kappa shape index (κ1) is 13.0. The van der Waals surface area contributed by atoms with E-state index in [1.54, 1.807) is 11.3 Å². The van der Waals surface area contributed by atoms with Crippen molar-refractivity contribution in [3.05, 3.63) is 16.1 Å². The molecule has 1 heterocycles. The molecule has 0 unspecified atom stereocenters. The molecule has 1 saturated carbocycles. The van der Waals surface area contributed by atoms with Crippen molar-refractivity contribution in [3.63, 3.8) is 0 Å². The highest BCUT2D eigenvalue weighted by Crippen LogP contribution is 2.28. The lowest BCUT2D eigenvalue weighted by Crippen LogP contribution is -2.43. The van der Waals surface area contributed by atoms with E-state index >= 15 is 0 Å². The zero-order chi connectivity index (χ0) is 12.1. The SMILES string of the molecule is Cc1csc(CNCCC2(N)CCCCC2)n1. The largest absolute Gasteiger partial charge is 0.325 e. The van der Waals surface area contributed by atoms with Crippen molar-refractivity contribution in [2.45, 2.75) is 57.5 Å². The number of hydrogen-bond acceptors (Lipinski definition) is 4.